The van der Waals surface area contributed by atoms with Crippen LogP contribution >= 0.6 is 0 Å². The maximum absolute atomic E-state index is 12.8. The van der Waals surface area contributed by atoms with E-state index in [1.165, 1.54) is 4.31 Å². The Balaban J connectivity index is 1.69. The fourth-order valence-corrected chi connectivity index (χ4v) is 4.93. The Hall–Kier alpha value is -1.44. The van der Waals surface area contributed by atoms with Crippen LogP contribution in [0, 0.1) is 6.92 Å². The van der Waals surface area contributed by atoms with Crippen molar-refractivity contribution in [1.82, 2.24) is 9.62 Å². The number of nitrogens with zero attached hydrogens (tertiary/aromatic N) is 1. The summed E-state index contributed by atoms with van der Waals surface area (Å²) in [5.41, 5.74) is 1.00. The molecular formula is C17H24N2O4S. The van der Waals surface area contributed by atoms with Crippen LogP contribution in [0.25, 0.3) is 0 Å². The molecule has 2 fully saturated rings. The number of hydrogen-bond donors (Lipinski definition) is 1. The van der Waals surface area contributed by atoms with Crippen molar-refractivity contribution >= 4 is 15.9 Å². The average molecular weight is 352 g/mol. The topological polar surface area (TPSA) is 75.7 Å². The molecule has 0 aromatic heterocycles. The lowest BCUT2D eigenvalue weighted by Crippen LogP contribution is -2.47. The van der Waals surface area contributed by atoms with Gasteiger partial charge in [-0.1, -0.05) is 17.7 Å². The monoisotopic (exact) mass is 352 g/mol. The van der Waals surface area contributed by atoms with Crippen molar-refractivity contribution < 1.29 is 17.9 Å². The molecule has 132 valence electrons. The Bertz CT molecular complexity index is 681. The van der Waals surface area contributed by atoms with Crippen molar-refractivity contribution in [2.24, 2.45) is 0 Å². The predicted octanol–water partition coefficient (Wildman–Crippen LogP) is 1.44. The summed E-state index contributed by atoms with van der Waals surface area (Å²) in [7, 11) is -3.65. The lowest BCUT2D eigenvalue weighted by atomic mass is 10.2. The van der Waals surface area contributed by atoms with Crippen molar-refractivity contribution in [3.8, 4) is 0 Å². The first-order chi connectivity index (χ1) is 11.5. The number of hydrogen-bond acceptors (Lipinski definition) is 4. The van der Waals surface area contributed by atoms with E-state index in [1.54, 1.807) is 24.3 Å². The molecule has 7 heteroatoms. The van der Waals surface area contributed by atoms with Gasteiger partial charge in [-0.2, -0.15) is 4.31 Å². The second kappa shape index (κ2) is 7.21. The standard InChI is InChI=1S/C17H24N2O4S/c1-13-6-8-15(9-7-13)24(21,22)19-10-2-5-16(19)17(20)18-12-14-4-3-11-23-14/h6-9,14,16H,2-5,10-12H2,1H3,(H,18,20)/t14-,16-/m0/s1. The molecule has 1 aromatic rings. The van der Waals surface area contributed by atoms with Gasteiger partial charge in [-0.15, -0.1) is 0 Å². The second-order valence-electron chi connectivity index (χ2n) is 6.47. The minimum Gasteiger partial charge on any atom is -0.376 e. The van der Waals surface area contributed by atoms with Gasteiger partial charge in [-0.3, -0.25) is 4.79 Å². The van der Waals surface area contributed by atoms with Gasteiger partial charge in [-0.05, 0) is 44.7 Å². The van der Waals surface area contributed by atoms with Gasteiger partial charge in [0.25, 0.3) is 0 Å². The number of sulfonamides is 1. The zero-order valence-electron chi connectivity index (χ0n) is 13.9. The third-order valence-corrected chi connectivity index (χ3v) is 6.58. The second-order valence-corrected chi connectivity index (χ2v) is 8.36. The summed E-state index contributed by atoms with van der Waals surface area (Å²) in [6.45, 7) is 3.48. The highest BCUT2D eigenvalue weighted by Crippen LogP contribution is 2.26. The number of ether oxygens (including phenoxy) is 1. The first-order valence-corrected chi connectivity index (χ1v) is 9.90. The maximum atomic E-state index is 12.8. The highest BCUT2D eigenvalue weighted by molar-refractivity contribution is 7.89. The fourth-order valence-electron chi connectivity index (χ4n) is 3.27. The smallest absolute Gasteiger partial charge is 0.243 e. The van der Waals surface area contributed by atoms with Gasteiger partial charge in [0.15, 0.2) is 0 Å². The molecule has 2 heterocycles. The first kappa shape index (κ1) is 17.4. The summed E-state index contributed by atoms with van der Waals surface area (Å²) in [5.74, 6) is -0.223. The van der Waals surface area contributed by atoms with Gasteiger partial charge < -0.3 is 10.1 Å². The van der Waals surface area contributed by atoms with Crippen LogP contribution in [0.15, 0.2) is 29.2 Å². The fraction of sp³-hybridized carbons (Fsp3) is 0.588. The molecule has 0 spiro atoms. The van der Waals surface area contributed by atoms with E-state index >= 15 is 0 Å². The molecule has 24 heavy (non-hydrogen) atoms. The van der Waals surface area contributed by atoms with E-state index in [2.05, 4.69) is 5.32 Å². The van der Waals surface area contributed by atoms with E-state index in [0.717, 1.165) is 25.0 Å². The summed E-state index contributed by atoms with van der Waals surface area (Å²) >= 11 is 0. The van der Waals surface area contributed by atoms with Gasteiger partial charge in [0, 0.05) is 19.7 Å². The molecule has 0 saturated carbocycles. The molecule has 0 radical (unpaired) electrons. The molecule has 3 rings (SSSR count). The van der Waals surface area contributed by atoms with E-state index in [-0.39, 0.29) is 16.9 Å². The van der Waals surface area contributed by atoms with E-state index in [0.29, 0.717) is 25.9 Å². The van der Waals surface area contributed by atoms with Gasteiger partial charge in [0.2, 0.25) is 15.9 Å². The summed E-state index contributed by atoms with van der Waals surface area (Å²) in [6, 6.07) is 6.12. The van der Waals surface area contributed by atoms with Crippen LogP contribution in [0.3, 0.4) is 0 Å². The third-order valence-electron chi connectivity index (χ3n) is 4.66. The van der Waals surface area contributed by atoms with E-state index < -0.39 is 16.1 Å². The number of carbonyl (C=O) groups excluding carboxylic acids is 1. The minimum atomic E-state index is -3.65. The Morgan fingerprint density at radius 3 is 2.67 bits per heavy atom. The Labute approximate surface area is 143 Å². The molecule has 1 amide bonds. The molecule has 2 aliphatic rings. The van der Waals surface area contributed by atoms with Gasteiger partial charge in [0.05, 0.1) is 11.0 Å². The van der Waals surface area contributed by atoms with Crippen molar-refractivity contribution in [1.29, 1.82) is 0 Å². The summed E-state index contributed by atoms with van der Waals surface area (Å²) in [5, 5.41) is 2.86. The number of benzene rings is 1. The molecule has 1 N–H and O–H groups in total. The maximum Gasteiger partial charge on any atom is 0.243 e. The molecular weight excluding hydrogens is 328 g/mol. The van der Waals surface area contributed by atoms with Crippen LogP contribution in [0.2, 0.25) is 0 Å². The third kappa shape index (κ3) is 3.63. The number of aryl methyl sites for hydroxylation is 1. The van der Waals surface area contributed by atoms with Gasteiger partial charge >= 0.3 is 0 Å². The minimum absolute atomic E-state index is 0.0532. The quantitative estimate of drug-likeness (QED) is 0.870. The van der Waals surface area contributed by atoms with Crippen molar-refractivity contribution in [2.75, 3.05) is 19.7 Å². The van der Waals surface area contributed by atoms with Crippen LogP contribution in [-0.2, 0) is 19.6 Å². The Morgan fingerprint density at radius 1 is 1.25 bits per heavy atom. The van der Waals surface area contributed by atoms with Crippen molar-refractivity contribution in [2.45, 2.75) is 49.6 Å². The normalized spacial score (nSPS) is 25.0. The molecule has 1 aromatic carbocycles. The SMILES string of the molecule is Cc1ccc(S(=O)(=O)N2CCC[C@H]2C(=O)NC[C@@H]2CCCO2)cc1. The Morgan fingerprint density at radius 2 is 2.00 bits per heavy atom. The van der Waals surface area contributed by atoms with Crippen LogP contribution in [-0.4, -0.2) is 50.5 Å². The van der Waals surface area contributed by atoms with Crippen LogP contribution in [0.1, 0.15) is 31.2 Å². The zero-order valence-corrected chi connectivity index (χ0v) is 14.7. The van der Waals surface area contributed by atoms with E-state index in [1.807, 2.05) is 6.92 Å². The number of amides is 1. The van der Waals surface area contributed by atoms with Crippen molar-refractivity contribution in [3.63, 3.8) is 0 Å². The van der Waals surface area contributed by atoms with Crippen molar-refractivity contribution in [3.05, 3.63) is 29.8 Å². The average Bonchev–Trinajstić information content (AvgIpc) is 3.24. The molecule has 2 saturated heterocycles. The molecule has 0 unspecified atom stereocenters. The first-order valence-electron chi connectivity index (χ1n) is 8.46. The molecule has 0 bridgehead atoms. The zero-order chi connectivity index (χ0) is 17.2. The summed E-state index contributed by atoms with van der Waals surface area (Å²) in [4.78, 5) is 12.7. The van der Waals surface area contributed by atoms with Crippen LogP contribution < -0.4 is 5.32 Å². The van der Waals surface area contributed by atoms with Crippen LogP contribution in [0.4, 0.5) is 0 Å². The summed E-state index contributed by atoms with van der Waals surface area (Å²) in [6.07, 6.45) is 3.26. The summed E-state index contributed by atoms with van der Waals surface area (Å²) < 4.78 is 32.5. The molecule has 2 atom stereocenters. The van der Waals surface area contributed by atoms with E-state index in [9.17, 15) is 13.2 Å². The largest absolute Gasteiger partial charge is 0.376 e. The number of nitrogens with one attached hydrogen (secondary N) is 1. The lowest BCUT2D eigenvalue weighted by Gasteiger charge is -2.24. The molecule has 6 nitrogen and oxygen atoms in total. The Kier molecular flexibility index (Phi) is 5.22. The van der Waals surface area contributed by atoms with Crippen LogP contribution in [0.5, 0.6) is 0 Å². The number of rotatable bonds is 5. The highest BCUT2D eigenvalue weighted by atomic mass is 32.2. The predicted molar refractivity (Wildman–Crippen MR) is 90.1 cm³/mol. The molecule has 2 aliphatic heterocycles. The lowest BCUT2D eigenvalue weighted by molar-refractivity contribution is -0.124. The van der Waals surface area contributed by atoms with E-state index in [4.69, 9.17) is 4.74 Å². The van der Waals surface area contributed by atoms with Gasteiger partial charge in [-0.25, -0.2) is 8.42 Å². The highest BCUT2D eigenvalue weighted by Gasteiger charge is 2.39. The molecule has 0 aliphatic carbocycles. The van der Waals surface area contributed by atoms with Gasteiger partial charge in [0.1, 0.15) is 6.04 Å². The number of carbonyl (C=O) groups is 1.